The van der Waals surface area contributed by atoms with Crippen LogP contribution >= 0.6 is 0 Å². The van der Waals surface area contributed by atoms with E-state index in [2.05, 4.69) is 15.7 Å². The average Bonchev–Trinajstić information content (AvgIpc) is 2.84. The first kappa shape index (κ1) is 16.8. The summed E-state index contributed by atoms with van der Waals surface area (Å²) in [5, 5.41) is 17.6. The molecule has 2 rings (SSSR count). The summed E-state index contributed by atoms with van der Waals surface area (Å²) in [6.45, 7) is 0.210. The highest BCUT2D eigenvalue weighted by Gasteiger charge is 2.27. The Morgan fingerprint density at radius 1 is 1.26 bits per heavy atom. The third-order valence-corrected chi connectivity index (χ3v) is 2.81. The van der Waals surface area contributed by atoms with Gasteiger partial charge in [0.2, 0.25) is 0 Å². The van der Waals surface area contributed by atoms with Crippen molar-refractivity contribution in [1.29, 1.82) is 0 Å². The van der Waals surface area contributed by atoms with E-state index in [1.807, 2.05) is 0 Å². The summed E-state index contributed by atoms with van der Waals surface area (Å²) < 4.78 is 38.5. The van der Waals surface area contributed by atoms with Gasteiger partial charge in [-0.2, -0.15) is 18.3 Å². The number of nitrogens with zero attached hydrogens (tertiary/aromatic N) is 2. The van der Waals surface area contributed by atoms with Gasteiger partial charge in [-0.15, -0.1) is 0 Å². The van der Waals surface area contributed by atoms with Gasteiger partial charge < -0.3 is 15.7 Å². The monoisotopic (exact) mass is 328 g/mol. The van der Waals surface area contributed by atoms with Crippen molar-refractivity contribution in [3.63, 3.8) is 0 Å². The number of alkyl halides is 3. The largest absolute Gasteiger partial charge is 0.394 e. The Bertz CT molecular complexity index is 670. The standard InChI is InChI=1S/C14H15F3N4O2/c15-14(16,17)7-10-2-1-3-11(6-10)19-13(23)20-12-8-18-21(9-12)4-5-22/h1-3,6,8-9,22H,4-5,7H2,(H2,19,20,23). The van der Waals surface area contributed by atoms with Gasteiger partial charge in [-0.05, 0) is 17.7 Å². The zero-order chi connectivity index (χ0) is 16.9. The molecule has 0 aliphatic rings. The molecule has 0 atom stereocenters. The van der Waals surface area contributed by atoms with E-state index < -0.39 is 18.6 Å². The highest BCUT2D eigenvalue weighted by atomic mass is 19.4. The van der Waals surface area contributed by atoms with E-state index in [1.165, 1.54) is 41.3 Å². The summed E-state index contributed by atoms with van der Waals surface area (Å²) >= 11 is 0. The number of aliphatic hydroxyl groups is 1. The minimum Gasteiger partial charge on any atom is -0.394 e. The van der Waals surface area contributed by atoms with Gasteiger partial charge in [0.1, 0.15) is 0 Å². The number of urea groups is 1. The normalized spacial score (nSPS) is 11.3. The van der Waals surface area contributed by atoms with Crippen LogP contribution in [0.3, 0.4) is 0 Å². The number of hydrogen-bond donors (Lipinski definition) is 3. The maximum atomic E-state index is 12.4. The molecular formula is C14H15F3N4O2. The van der Waals surface area contributed by atoms with Crippen molar-refractivity contribution in [2.45, 2.75) is 19.1 Å². The van der Waals surface area contributed by atoms with Gasteiger partial charge in [0.15, 0.2) is 0 Å². The zero-order valence-electron chi connectivity index (χ0n) is 12.0. The van der Waals surface area contributed by atoms with Crippen LogP contribution in [0.2, 0.25) is 0 Å². The smallest absolute Gasteiger partial charge is 0.393 e. The first-order chi connectivity index (χ1) is 10.9. The van der Waals surface area contributed by atoms with Gasteiger partial charge in [0.05, 0.1) is 31.5 Å². The van der Waals surface area contributed by atoms with Crippen LogP contribution in [0, 0.1) is 0 Å². The molecule has 0 saturated carbocycles. The molecule has 0 saturated heterocycles. The van der Waals surface area contributed by atoms with E-state index in [0.717, 1.165) is 0 Å². The molecule has 0 bridgehead atoms. The lowest BCUT2D eigenvalue weighted by Gasteiger charge is -2.09. The number of carbonyl (C=O) groups is 1. The number of carbonyl (C=O) groups excluding carboxylic acids is 1. The molecule has 124 valence electrons. The second kappa shape index (κ2) is 7.14. The third-order valence-electron chi connectivity index (χ3n) is 2.81. The number of rotatable bonds is 5. The SMILES string of the molecule is O=C(Nc1cccc(CC(F)(F)F)c1)Nc1cnn(CCO)c1. The van der Waals surface area contributed by atoms with Crippen molar-refractivity contribution >= 4 is 17.4 Å². The van der Waals surface area contributed by atoms with Crippen molar-refractivity contribution in [2.75, 3.05) is 17.2 Å². The van der Waals surface area contributed by atoms with Gasteiger partial charge in [-0.1, -0.05) is 12.1 Å². The second-order valence-corrected chi connectivity index (χ2v) is 4.79. The van der Waals surface area contributed by atoms with Gasteiger partial charge in [0.25, 0.3) is 0 Å². The predicted molar refractivity (Wildman–Crippen MR) is 78.2 cm³/mol. The van der Waals surface area contributed by atoms with Crippen molar-refractivity contribution in [2.24, 2.45) is 0 Å². The van der Waals surface area contributed by atoms with Crippen LogP contribution in [-0.4, -0.2) is 33.7 Å². The molecule has 1 aromatic carbocycles. The number of benzene rings is 1. The number of halogens is 3. The third kappa shape index (κ3) is 5.62. The van der Waals surface area contributed by atoms with E-state index >= 15 is 0 Å². The Balaban J connectivity index is 1.95. The fraction of sp³-hybridized carbons (Fsp3) is 0.286. The molecule has 0 unspecified atom stereocenters. The number of anilines is 2. The van der Waals surface area contributed by atoms with Crippen LogP contribution in [0.25, 0.3) is 0 Å². The summed E-state index contributed by atoms with van der Waals surface area (Å²) in [5.41, 5.74) is 0.723. The molecule has 2 amide bonds. The van der Waals surface area contributed by atoms with Crippen molar-refractivity contribution in [3.8, 4) is 0 Å². The van der Waals surface area contributed by atoms with E-state index in [9.17, 15) is 18.0 Å². The summed E-state index contributed by atoms with van der Waals surface area (Å²) in [5.74, 6) is 0. The quantitative estimate of drug-likeness (QED) is 0.789. The van der Waals surface area contributed by atoms with E-state index in [4.69, 9.17) is 5.11 Å². The Hall–Kier alpha value is -2.55. The average molecular weight is 328 g/mol. The lowest BCUT2D eigenvalue weighted by molar-refractivity contribution is -0.127. The van der Waals surface area contributed by atoms with E-state index in [1.54, 1.807) is 0 Å². The summed E-state index contributed by atoms with van der Waals surface area (Å²) in [6.07, 6.45) is -2.44. The van der Waals surface area contributed by atoms with Gasteiger partial charge in [0, 0.05) is 11.9 Å². The number of aliphatic hydroxyl groups excluding tert-OH is 1. The van der Waals surface area contributed by atoms with Crippen molar-refractivity contribution < 1.29 is 23.1 Å². The highest BCUT2D eigenvalue weighted by Crippen LogP contribution is 2.23. The Labute approximate surface area is 129 Å². The molecule has 1 aromatic heterocycles. The van der Waals surface area contributed by atoms with Crippen LogP contribution in [0.15, 0.2) is 36.7 Å². The second-order valence-electron chi connectivity index (χ2n) is 4.79. The molecule has 1 heterocycles. The lowest BCUT2D eigenvalue weighted by Crippen LogP contribution is -2.19. The predicted octanol–water partition coefficient (Wildman–Crippen LogP) is 2.62. The van der Waals surface area contributed by atoms with Crippen LogP contribution in [0.1, 0.15) is 5.56 Å². The first-order valence-electron chi connectivity index (χ1n) is 6.73. The number of aromatic nitrogens is 2. The van der Waals surface area contributed by atoms with Gasteiger partial charge in [-0.25, -0.2) is 4.79 Å². The molecule has 6 nitrogen and oxygen atoms in total. The Morgan fingerprint density at radius 3 is 2.70 bits per heavy atom. The zero-order valence-corrected chi connectivity index (χ0v) is 12.0. The molecule has 2 aromatic rings. The topological polar surface area (TPSA) is 79.2 Å². The molecule has 0 radical (unpaired) electrons. The van der Waals surface area contributed by atoms with E-state index in [-0.39, 0.29) is 17.9 Å². The molecule has 0 aliphatic carbocycles. The minimum atomic E-state index is -4.30. The van der Waals surface area contributed by atoms with Crippen LogP contribution in [0.4, 0.5) is 29.3 Å². The molecule has 3 N–H and O–H groups in total. The van der Waals surface area contributed by atoms with Crippen LogP contribution in [0.5, 0.6) is 0 Å². The maximum absolute atomic E-state index is 12.4. The van der Waals surface area contributed by atoms with Crippen molar-refractivity contribution in [3.05, 3.63) is 42.2 Å². The molecule has 23 heavy (non-hydrogen) atoms. The molecule has 0 spiro atoms. The first-order valence-corrected chi connectivity index (χ1v) is 6.73. The molecule has 9 heteroatoms. The minimum absolute atomic E-state index is 0.0612. The summed E-state index contributed by atoms with van der Waals surface area (Å²) in [7, 11) is 0. The maximum Gasteiger partial charge on any atom is 0.393 e. The fourth-order valence-corrected chi connectivity index (χ4v) is 1.94. The number of amides is 2. The Morgan fingerprint density at radius 2 is 2.00 bits per heavy atom. The molecular weight excluding hydrogens is 313 g/mol. The lowest BCUT2D eigenvalue weighted by atomic mass is 10.1. The van der Waals surface area contributed by atoms with Gasteiger partial charge >= 0.3 is 12.2 Å². The Kier molecular flexibility index (Phi) is 5.22. The van der Waals surface area contributed by atoms with Crippen LogP contribution in [-0.2, 0) is 13.0 Å². The molecule has 0 fully saturated rings. The number of hydrogen-bond acceptors (Lipinski definition) is 3. The highest BCUT2D eigenvalue weighted by molar-refractivity contribution is 5.99. The van der Waals surface area contributed by atoms with Crippen molar-refractivity contribution in [1.82, 2.24) is 9.78 Å². The fourth-order valence-electron chi connectivity index (χ4n) is 1.94. The molecule has 0 aliphatic heterocycles. The number of nitrogens with one attached hydrogen (secondary N) is 2. The van der Waals surface area contributed by atoms with Crippen LogP contribution < -0.4 is 10.6 Å². The van der Waals surface area contributed by atoms with Gasteiger partial charge in [-0.3, -0.25) is 4.68 Å². The summed E-state index contributed by atoms with van der Waals surface area (Å²) in [6, 6.07) is 4.94. The summed E-state index contributed by atoms with van der Waals surface area (Å²) in [4.78, 5) is 11.8. The van der Waals surface area contributed by atoms with E-state index in [0.29, 0.717) is 12.2 Å².